The molecule has 0 radical (unpaired) electrons. The Labute approximate surface area is 180 Å². The lowest BCUT2D eigenvalue weighted by molar-refractivity contribution is -0.152. The molecule has 174 valence electrons. The third-order valence-electron chi connectivity index (χ3n) is 3.92. The van der Waals surface area contributed by atoms with Gasteiger partial charge in [-0.05, 0) is 36.5 Å². The summed E-state index contributed by atoms with van der Waals surface area (Å²) in [6.07, 6.45) is 0.670. The van der Waals surface area contributed by atoms with Crippen LogP contribution in [0.3, 0.4) is 0 Å². The predicted octanol–water partition coefficient (Wildman–Crippen LogP) is 2.45. The molecule has 0 aliphatic rings. The third kappa shape index (κ3) is 12.4. The first-order valence-corrected chi connectivity index (χ1v) is 10.8. The van der Waals surface area contributed by atoms with E-state index in [0.717, 1.165) is 0 Å². The molecular weight excluding hydrogens is 388 g/mol. The van der Waals surface area contributed by atoms with Crippen LogP contribution in [0.5, 0.6) is 0 Å². The topological polar surface area (TPSA) is 111 Å². The van der Waals surface area contributed by atoms with Crippen LogP contribution in [0.1, 0.15) is 68.2 Å². The fourth-order valence-corrected chi connectivity index (χ4v) is 2.52. The number of nitrogens with one attached hydrogen (secondary N) is 2. The van der Waals surface area contributed by atoms with Gasteiger partial charge in [0, 0.05) is 0 Å². The maximum absolute atomic E-state index is 12.4. The van der Waals surface area contributed by atoms with Gasteiger partial charge in [0.05, 0.1) is 13.2 Å². The van der Waals surface area contributed by atoms with Gasteiger partial charge in [0.1, 0.15) is 12.1 Å². The molecule has 0 aliphatic carbocycles. The van der Waals surface area contributed by atoms with Crippen molar-refractivity contribution in [2.45, 2.75) is 80.3 Å². The molecule has 0 spiro atoms. The SMILES string of the molecule is CC(C)COC(=O)[C@H](CC(C)C)NC(=O)C(=O)N[C@@H](CC(C)C)C(=O)OCC(C)C. The molecule has 8 heteroatoms. The van der Waals surface area contributed by atoms with Crippen LogP contribution < -0.4 is 10.6 Å². The zero-order valence-electron chi connectivity index (χ0n) is 19.7. The van der Waals surface area contributed by atoms with E-state index in [1.165, 1.54) is 0 Å². The standard InChI is InChI=1S/C22H40N2O6/c1-13(2)9-17(21(27)29-11-15(5)6)23-19(25)20(26)24-18(10-14(3)4)22(28)30-12-16(7)8/h13-18H,9-12H2,1-8H3,(H,23,25)(H,24,26)/t17-,18-/m0/s1. The molecule has 2 amide bonds. The number of ether oxygens (including phenoxy) is 2. The molecule has 0 heterocycles. The molecule has 0 saturated carbocycles. The number of hydrogen-bond donors (Lipinski definition) is 2. The summed E-state index contributed by atoms with van der Waals surface area (Å²) in [5.74, 6) is -2.60. The van der Waals surface area contributed by atoms with Crippen molar-refractivity contribution in [2.24, 2.45) is 23.7 Å². The van der Waals surface area contributed by atoms with Gasteiger partial charge in [0.25, 0.3) is 0 Å². The van der Waals surface area contributed by atoms with E-state index in [1.54, 1.807) is 0 Å². The molecule has 0 unspecified atom stereocenters. The summed E-state index contributed by atoms with van der Waals surface area (Å²) in [4.78, 5) is 49.5. The lowest BCUT2D eigenvalue weighted by Gasteiger charge is -2.22. The second kappa shape index (κ2) is 14.0. The highest BCUT2D eigenvalue weighted by Crippen LogP contribution is 2.09. The third-order valence-corrected chi connectivity index (χ3v) is 3.92. The van der Waals surface area contributed by atoms with Crippen LogP contribution >= 0.6 is 0 Å². The molecule has 0 aromatic rings. The molecule has 30 heavy (non-hydrogen) atoms. The largest absolute Gasteiger partial charge is 0.464 e. The van der Waals surface area contributed by atoms with Crippen molar-refractivity contribution in [3.05, 3.63) is 0 Å². The zero-order chi connectivity index (χ0) is 23.4. The second-order valence-electron chi connectivity index (χ2n) is 9.36. The Morgan fingerprint density at radius 1 is 0.567 bits per heavy atom. The van der Waals surface area contributed by atoms with Gasteiger partial charge in [0.15, 0.2) is 0 Å². The summed E-state index contributed by atoms with van der Waals surface area (Å²) in [5, 5.41) is 4.88. The van der Waals surface area contributed by atoms with Gasteiger partial charge in [-0.25, -0.2) is 9.59 Å². The fourth-order valence-electron chi connectivity index (χ4n) is 2.52. The number of carbonyl (C=O) groups is 4. The van der Waals surface area contributed by atoms with Crippen LogP contribution in [0.15, 0.2) is 0 Å². The molecule has 0 rings (SSSR count). The van der Waals surface area contributed by atoms with Crippen molar-refractivity contribution in [1.29, 1.82) is 0 Å². The number of carbonyl (C=O) groups excluding carboxylic acids is 4. The molecule has 0 aliphatic heterocycles. The van der Waals surface area contributed by atoms with E-state index in [-0.39, 0.29) is 36.9 Å². The lowest BCUT2D eigenvalue weighted by atomic mass is 10.0. The first-order valence-electron chi connectivity index (χ1n) is 10.8. The Balaban J connectivity index is 5.08. The minimum atomic E-state index is -0.979. The number of rotatable bonds is 12. The minimum Gasteiger partial charge on any atom is -0.464 e. The van der Waals surface area contributed by atoms with Gasteiger partial charge in [0.2, 0.25) is 0 Å². The Morgan fingerprint density at radius 2 is 0.867 bits per heavy atom. The van der Waals surface area contributed by atoms with E-state index in [0.29, 0.717) is 12.8 Å². The summed E-state index contributed by atoms with van der Waals surface area (Å²) in [5.41, 5.74) is 0. The molecule has 0 saturated heterocycles. The van der Waals surface area contributed by atoms with Crippen LogP contribution in [-0.4, -0.2) is 49.1 Å². The first kappa shape index (κ1) is 27.9. The van der Waals surface area contributed by atoms with E-state index in [4.69, 9.17) is 9.47 Å². The van der Waals surface area contributed by atoms with Crippen molar-refractivity contribution in [2.75, 3.05) is 13.2 Å². The quantitative estimate of drug-likeness (QED) is 0.365. The number of amides is 2. The van der Waals surface area contributed by atoms with Crippen LogP contribution in [0.25, 0.3) is 0 Å². The zero-order valence-corrected chi connectivity index (χ0v) is 19.7. The van der Waals surface area contributed by atoms with E-state index in [2.05, 4.69) is 10.6 Å². The van der Waals surface area contributed by atoms with Gasteiger partial charge in [-0.3, -0.25) is 9.59 Å². The average molecular weight is 429 g/mol. The summed E-state index contributed by atoms with van der Waals surface area (Å²) >= 11 is 0. The molecule has 0 aromatic carbocycles. The smallest absolute Gasteiger partial charge is 0.328 e. The first-order chi connectivity index (χ1) is 13.8. The highest BCUT2D eigenvalue weighted by molar-refractivity contribution is 6.35. The molecule has 0 aromatic heterocycles. The maximum Gasteiger partial charge on any atom is 0.328 e. The Hall–Kier alpha value is -2.12. The van der Waals surface area contributed by atoms with E-state index in [1.807, 2.05) is 55.4 Å². The molecule has 0 bridgehead atoms. The van der Waals surface area contributed by atoms with Crippen LogP contribution in [0, 0.1) is 23.7 Å². The summed E-state index contributed by atoms with van der Waals surface area (Å²) in [6.45, 7) is 15.7. The van der Waals surface area contributed by atoms with Crippen molar-refractivity contribution in [3.8, 4) is 0 Å². The normalized spacial score (nSPS) is 13.3. The van der Waals surface area contributed by atoms with E-state index in [9.17, 15) is 19.2 Å². The minimum absolute atomic E-state index is 0.102. The number of esters is 2. The monoisotopic (exact) mass is 428 g/mol. The van der Waals surface area contributed by atoms with Gasteiger partial charge < -0.3 is 20.1 Å². The highest BCUT2D eigenvalue weighted by atomic mass is 16.5. The Morgan fingerprint density at radius 3 is 1.10 bits per heavy atom. The fraction of sp³-hybridized carbons (Fsp3) is 0.818. The molecule has 0 fully saturated rings. The number of hydrogen-bond acceptors (Lipinski definition) is 6. The van der Waals surface area contributed by atoms with Crippen molar-refractivity contribution >= 4 is 23.8 Å². The summed E-state index contributed by atoms with van der Waals surface area (Å²) < 4.78 is 10.4. The molecular formula is C22H40N2O6. The maximum atomic E-state index is 12.4. The van der Waals surface area contributed by atoms with Gasteiger partial charge in [-0.15, -0.1) is 0 Å². The summed E-state index contributed by atoms with van der Waals surface area (Å²) in [7, 11) is 0. The lowest BCUT2D eigenvalue weighted by Crippen LogP contribution is -2.52. The second-order valence-corrected chi connectivity index (χ2v) is 9.36. The van der Waals surface area contributed by atoms with Crippen LogP contribution in [-0.2, 0) is 28.7 Å². The molecule has 2 N–H and O–H groups in total. The van der Waals surface area contributed by atoms with E-state index < -0.39 is 35.8 Å². The van der Waals surface area contributed by atoms with Crippen molar-refractivity contribution < 1.29 is 28.7 Å². The average Bonchev–Trinajstić information content (AvgIpc) is 2.61. The predicted molar refractivity (Wildman–Crippen MR) is 114 cm³/mol. The van der Waals surface area contributed by atoms with Gasteiger partial charge >= 0.3 is 23.8 Å². The van der Waals surface area contributed by atoms with Crippen LogP contribution in [0.4, 0.5) is 0 Å². The Bertz CT molecular complexity index is 522. The molecule has 8 nitrogen and oxygen atoms in total. The highest BCUT2D eigenvalue weighted by Gasteiger charge is 2.30. The van der Waals surface area contributed by atoms with Gasteiger partial charge in [-0.2, -0.15) is 0 Å². The Kier molecular flexibility index (Phi) is 13.0. The summed E-state index contributed by atoms with van der Waals surface area (Å²) in [6, 6.07) is -1.86. The van der Waals surface area contributed by atoms with E-state index >= 15 is 0 Å². The van der Waals surface area contributed by atoms with Gasteiger partial charge in [-0.1, -0.05) is 55.4 Å². The molecule has 2 atom stereocenters. The van der Waals surface area contributed by atoms with Crippen molar-refractivity contribution in [1.82, 2.24) is 10.6 Å². The van der Waals surface area contributed by atoms with Crippen LogP contribution in [0.2, 0.25) is 0 Å². The van der Waals surface area contributed by atoms with Crippen molar-refractivity contribution in [3.63, 3.8) is 0 Å².